The van der Waals surface area contributed by atoms with Crippen LogP contribution in [0.3, 0.4) is 0 Å². The summed E-state index contributed by atoms with van der Waals surface area (Å²) >= 11 is 0. The third-order valence-corrected chi connectivity index (χ3v) is 2.95. The number of nitrogens with one attached hydrogen (secondary N) is 1. The molecule has 1 atom stereocenters. The van der Waals surface area contributed by atoms with Crippen molar-refractivity contribution >= 4 is 0 Å². The number of rotatable bonds is 5. The van der Waals surface area contributed by atoms with Crippen LogP contribution in [-0.2, 0) is 13.2 Å². The molecule has 0 bridgehead atoms. The highest BCUT2D eigenvalue weighted by Crippen LogP contribution is 2.10. The Morgan fingerprint density at radius 3 is 2.44 bits per heavy atom. The molecule has 0 aliphatic heterocycles. The van der Waals surface area contributed by atoms with Gasteiger partial charge in [-0.3, -0.25) is 4.98 Å². The second kappa shape index (κ2) is 6.28. The zero-order valence-corrected chi connectivity index (χ0v) is 10.5. The Hall–Kier alpha value is -1.71. The minimum absolute atomic E-state index is 0.0953. The van der Waals surface area contributed by atoms with Crippen LogP contribution in [0.2, 0.25) is 0 Å². The average molecular weight is 242 g/mol. The van der Waals surface area contributed by atoms with Gasteiger partial charge in [-0.2, -0.15) is 0 Å². The Morgan fingerprint density at radius 2 is 1.83 bits per heavy atom. The van der Waals surface area contributed by atoms with Crippen molar-refractivity contribution in [3.8, 4) is 0 Å². The van der Waals surface area contributed by atoms with Crippen molar-refractivity contribution < 1.29 is 5.11 Å². The molecule has 2 rings (SSSR count). The van der Waals surface area contributed by atoms with E-state index in [-0.39, 0.29) is 12.6 Å². The molecule has 3 nitrogen and oxygen atoms in total. The fourth-order valence-electron chi connectivity index (χ4n) is 1.77. The van der Waals surface area contributed by atoms with Gasteiger partial charge < -0.3 is 10.4 Å². The van der Waals surface area contributed by atoms with Crippen molar-refractivity contribution in [3.05, 3.63) is 65.5 Å². The fraction of sp³-hybridized carbons (Fsp3) is 0.267. The second-order valence-corrected chi connectivity index (χ2v) is 4.33. The molecule has 3 heteroatoms. The number of hydrogen-bond acceptors (Lipinski definition) is 3. The number of pyridine rings is 1. The first-order valence-electron chi connectivity index (χ1n) is 6.12. The molecule has 0 radical (unpaired) electrons. The topological polar surface area (TPSA) is 45.1 Å². The van der Waals surface area contributed by atoms with Crippen LogP contribution >= 0.6 is 0 Å². The molecule has 2 aromatic rings. The van der Waals surface area contributed by atoms with Crippen LogP contribution in [0.1, 0.15) is 29.8 Å². The highest BCUT2D eigenvalue weighted by Gasteiger charge is 2.04. The average Bonchev–Trinajstić information content (AvgIpc) is 2.46. The van der Waals surface area contributed by atoms with Gasteiger partial charge in [0.05, 0.1) is 12.3 Å². The van der Waals surface area contributed by atoms with Crippen LogP contribution in [0.4, 0.5) is 0 Å². The van der Waals surface area contributed by atoms with E-state index in [0.717, 1.165) is 17.8 Å². The molecule has 0 saturated carbocycles. The van der Waals surface area contributed by atoms with E-state index in [1.54, 1.807) is 0 Å². The van der Waals surface area contributed by atoms with E-state index >= 15 is 0 Å². The minimum Gasteiger partial charge on any atom is -0.392 e. The van der Waals surface area contributed by atoms with Crippen LogP contribution in [0.5, 0.6) is 0 Å². The summed E-state index contributed by atoms with van der Waals surface area (Å²) in [5, 5.41) is 12.4. The SMILES string of the molecule is CC(NCc1ccc(CO)cc1)c1ccccn1. The van der Waals surface area contributed by atoms with Crippen LogP contribution < -0.4 is 5.32 Å². The first kappa shape index (κ1) is 12.7. The summed E-state index contributed by atoms with van der Waals surface area (Å²) in [6, 6.07) is 14.1. The molecular weight excluding hydrogens is 224 g/mol. The number of aliphatic hydroxyl groups is 1. The second-order valence-electron chi connectivity index (χ2n) is 4.33. The van der Waals surface area contributed by atoms with Gasteiger partial charge in [-0.05, 0) is 30.2 Å². The zero-order valence-electron chi connectivity index (χ0n) is 10.5. The monoisotopic (exact) mass is 242 g/mol. The van der Waals surface area contributed by atoms with E-state index in [0.29, 0.717) is 0 Å². The van der Waals surface area contributed by atoms with Gasteiger partial charge in [0.15, 0.2) is 0 Å². The normalized spacial score (nSPS) is 12.3. The summed E-state index contributed by atoms with van der Waals surface area (Å²) in [5.74, 6) is 0. The van der Waals surface area contributed by atoms with E-state index in [1.807, 2.05) is 48.7 Å². The summed E-state index contributed by atoms with van der Waals surface area (Å²) in [6.07, 6.45) is 1.81. The van der Waals surface area contributed by atoms with Crippen LogP contribution in [0.25, 0.3) is 0 Å². The van der Waals surface area contributed by atoms with E-state index in [4.69, 9.17) is 5.11 Å². The van der Waals surface area contributed by atoms with Gasteiger partial charge in [0, 0.05) is 18.8 Å². The Bertz CT molecular complexity index is 468. The quantitative estimate of drug-likeness (QED) is 0.846. The standard InChI is InChI=1S/C15H18N2O/c1-12(15-4-2-3-9-16-15)17-10-13-5-7-14(11-18)8-6-13/h2-9,12,17-18H,10-11H2,1H3. The lowest BCUT2D eigenvalue weighted by atomic mass is 10.1. The fourth-order valence-corrected chi connectivity index (χ4v) is 1.77. The predicted octanol–water partition coefficient (Wildman–Crippen LogP) is 2.42. The van der Waals surface area contributed by atoms with Gasteiger partial charge >= 0.3 is 0 Å². The Morgan fingerprint density at radius 1 is 1.11 bits per heavy atom. The molecule has 0 fully saturated rings. The molecule has 0 saturated heterocycles. The maximum absolute atomic E-state index is 8.97. The highest BCUT2D eigenvalue weighted by molar-refractivity contribution is 5.22. The summed E-state index contributed by atoms with van der Waals surface area (Å²) in [4.78, 5) is 4.32. The molecule has 1 unspecified atom stereocenters. The lowest BCUT2D eigenvalue weighted by molar-refractivity contribution is 0.282. The van der Waals surface area contributed by atoms with E-state index in [9.17, 15) is 0 Å². The van der Waals surface area contributed by atoms with E-state index in [2.05, 4.69) is 17.2 Å². The molecule has 18 heavy (non-hydrogen) atoms. The molecule has 2 N–H and O–H groups in total. The molecule has 1 aromatic heterocycles. The largest absolute Gasteiger partial charge is 0.392 e. The maximum atomic E-state index is 8.97. The van der Waals surface area contributed by atoms with Crippen molar-refractivity contribution in [2.75, 3.05) is 0 Å². The molecule has 1 heterocycles. The Labute approximate surface area is 108 Å². The third-order valence-electron chi connectivity index (χ3n) is 2.95. The first-order valence-corrected chi connectivity index (χ1v) is 6.12. The summed E-state index contributed by atoms with van der Waals surface area (Å²) in [5.41, 5.74) is 3.19. The van der Waals surface area contributed by atoms with E-state index in [1.165, 1.54) is 5.56 Å². The highest BCUT2D eigenvalue weighted by atomic mass is 16.3. The lowest BCUT2D eigenvalue weighted by Gasteiger charge is -2.13. The van der Waals surface area contributed by atoms with Gasteiger partial charge in [0.1, 0.15) is 0 Å². The minimum atomic E-state index is 0.0953. The van der Waals surface area contributed by atoms with Crippen molar-refractivity contribution in [3.63, 3.8) is 0 Å². The van der Waals surface area contributed by atoms with Crippen LogP contribution in [0, 0.1) is 0 Å². The van der Waals surface area contributed by atoms with Crippen molar-refractivity contribution in [2.24, 2.45) is 0 Å². The van der Waals surface area contributed by atoms with Crippen molar-refractivity contribution in [2.45, 2.75) is 26.1 Å². The van der Waals surface area contributed by atoms with Gasteiger partial charge in [-0.15, -0.1) is 0 Å². The summed E-state index contributed by atoms with van der Waals surface area (Å²) < 4.78 is 0. The third kappa shape index (κ3) is 3.39. The summed E-state index contributed by atoms with van der Waals surface area (Å²) in [6.45, 7) is 2.99. The molecule has 0 aliphatic rings. The van der Waals surface area contributed by atoms with Crippen LogP contribution in [-0.4, -0.2) is 10.1 Å². The van der Waals surface area contributed by atoms with Gasteiger partial charge in [0.25, 0.3) is 0 Å². The number of nitrogens with zero attached hydrogens (tertiary/aromatic N) is 1. The first-order chi connectivity index (χ1) is 8.79. The maximum Gasteiger partial charge on any atom is 0.0681 e. The lowest BCUT2D eigenvalue weighted by Crippen LogP contribution is -2.18. The molecule has 1 aromatic carbocycles. The van der Waals surface area contributed by atoms with E-state index < -0.39 is 0 Å². The summed E-state index contributed by atoms with van der Waals surface area (Å²) in [7, 11) is 0. The number of benzene rings is 1. The number of hydrogen-bond donors (Lipinski definition) is 2. The Balaban J connectivity index is 1.91. The molecule has 0 aliphatic carbocycles. The molecular formula is C15H18N2O. The van der Waals surface area contributed by atoms with Gasteiger partial charge in [0.2, 0.25) is 0 Å². The zero-order chi connectivity index (χ0) is 12.8. The number of aromatic nitrogens is 1. The van der Waals surface area contributed by atoms with Crippen molar-refractivity contribution in [1.29, 1.82) is 0 Å². The van der Waals surface area contributed by atoms with Gasteiger partial charge in [-0.25, -0.2) is 0 Å². The van der Waals surface area contributed by atoms with Crippen molar-refractivity contribution in [1.82, 2.24) is 10.3 Å². The number of aliphatic hydroxyl groups excluding tert-OH is 1. The smallest absolute Gasteiger partial charge is 0.0681 e. The molecule has 0 amide bonds. The molecule has 0 spiro atoms. The Kier molecular flexibility index (Phi) is 4.45. The van der Waals surface area contributed by atoms with Crippen LogP contribution in [0.15, 0.2) is 48.7 Å². The predicted molar refractivity (Wildman–Crippen MR) is 71.9 cm³/mol. The molecule has 94 valence electrons. The van der Waals surface area contributed by atoms with Gasteiger partial charge in [-0.1, -0.05) is 30.3 Å².